The van der Waals surface area contributed by atoms with Crippen LogP contribution in [0.2, 0.25) is 0 Å². The first kappa shape index (κ1) is 14.8. The van der Waals surface area contributed by atoms with Gasteiger partial charge in [0.25, 0.3) is 0 Å². The van der Waals surface area contributed by atoms with E-state index in [1.165, 1.54) is 0 Å². The number of benzene rings is 1. The lowest BCUT2D eigenvalue weighted by molar-refractivity contribution is -0.146. The number of aliphatic carboxylic acids is 1. The van der Waals surface area contributed by atoms with Crippen molar-refractivity contribution in [1.82, 2.24) is 0 Å². The molecule has 116 valence electrons. The molecule has 1 aromatic rings. The Labute approximate surface area is 129 Å². The summed E-state index contributed by atoms with van der Waals surface area (Å²) in [6.45, 7) is 5.66. The largest absolute Gasteiger partial charge is 0.481 e. The van der Waals surface area contributed by atoms with Gasteiger partial charge in [-0.05, 0) is 32.4 Å². The molecule has 2 aliphatic rings. The van der Waals surface area contributed by atoms with Crippen molar-refractivity contribution >= 4 is 17.6 Å². The topological polar surface area (TPSA) is 75.6 Å². The number of fused-ring (bicyclic) bond motifs is 2. The van der Waals surface area contributed by atoms with E-state index in [1.807, 2.05) is 32.0 Å². The van der Waals surface area contributed by atoms with Gasteiger partial charge in [-0.3, -0.25) is 9.59 Å². The van der Waals surface area contributed by atoms with Crippen LogP contribution in [0.15, 0.2) is 30.4 Å². The predicted octanol–water partition coefficient (Wildman–Crippen LogP) is 2.29. The van der Waals surface area contributed by atoms with Crippen molar-refractivity contribution in [1.29, 1.82) is 0 Å². The van der Waals surface area contributed by atoms with Crippen molar-refractivity contribution in [2.24, 2.45) is 11.8 Å². The molecule has 0 aromatic heterocycles. The SMILES string of the molecule is Cc1ccc(NC(=O)[C@H]2[C@@H](C(=O)O)[C@H]3C=C[C@@]2(C)O3)c(C)c1. The number of carboxylic acid groups (broad SMARTS) is 1. The average molecular weight is 301 g/mol. The normalized spacial score (nSPS) is 32.2. The van der Waals surface area contributed by atoms with Gasteiger partial charge in [0.1, 0.15) is 5.92 Å². The second-order valence-electron chi connectivity index (χ2n) is 6.27. The predicted molar refractivity (Wildman–Crippen MR) is 81.6 cm³/mol. The Bertz CT molecular complexity index is 681. The van der Waals surface area contributed by atoms with Crippen LogP contribution in [-0.2, 0) is 14.3 Å². The van der Waals surface area contributed by atoms with Crippen LogP contribution in [0.1, 0.15) is 18.1 Å². The maximum absolute atomic E-state index is 12.7. The molecule has 0 saturated carbocycles. The van der Waals surface area contributed by atoms with E-state index in [0.717, 1.165) is 11.1 Å². The molecule has 2 N–H and O–H groups in total. The van der Waals surface area contributed by atoms with Gasteiger partial charge in [0.15, 0.2) is 0 Å². The van der Waals surface area contributed by atoms with E-state index < -0.39 is 29.5 Å². The molecule has 0 spiro atoms. The van der Waals surface area contributed by atoms with Crippen molar-refractivity contribution in [3.05, 3.63) is 41.5 Å². The highest BCUT2D eigenvalue weighted by molar-refractivity contribution is 5.97. The lowest BCUT2D eigenvalue weighted by atomic mass is 9.75. The van der Waals surface area contributed by atoms with Gasteiger partial charge >= 0.3 is 5.97 Å². The molecule has 22 heavy (non-hydrogen) atoms. The minimum atomic E-state index is -1.00. The molecular weight excluding hydrogens is 282 g/mol. The molecule has 1 aromatic carbocycles. The minimum absolute atomic E-state index is 0.311. The highest BCUT2D eigenvalue weighted by atomic mass is 16.5. The lowest BCUT2D eigenvalue weighted by Gasteiger charge is -2.28. The van der Waals surface area contributed by atoms with E-state index in [0.29, 0.717) is 5.69 Å². The number of anilines is 1. The van der Waals surface area contributed by atoms with Crippen LogP contribution >= 0.6 is 0 Å². The Balaban J connectivity index is 1.88. The van der Waals surface area contributed by atoms with Crippen molar-refractivity contribution in [3.8, 4) is 0 Å². The lowest BCUT2D eigenvalue weighted by Crippen LogP contribution is -2.44. The zero-order chi connectivity index (χ0) is 16.1. The number of rotatable bonds is 3. The molecular formula is C17H19NO4. The molecule has 4 atom stereocenters. The summed E-state index contributed by atoms with van der Waals surface area (Å²) in [6.07, 6.45) is 3.00. The maximum atomic E-state index is 12.7. The summed E-state index contributed by atoms with van der Waals surface area (Å²) in [5.74, 6) is -2.89. The first-order chi connectivity index (χ1) is 10.3. The number of nitrogens with one attached hydrogen (secondary N) is 1. The minimum Gasteiger partial charge on any atom is -0.481 e. The van der Waals surface area contributed by atoms with Crippen molar-refractivity contribution < 1.29 is 19.4 Å². The Morgan fingerprint density at radius 2 is 2.05 bits per heavy atom. The number of carbonyl (C=O) groups excluding carboxylic acids is 1. The Morgan fingerprint density at radius 1 is 1.32 bits per heavy atom. The molecule has 1 fully saturated rings. The zero-order valence-corrected chi connectivity index (χ0v) is 12.8. The molecule has 3 rings (SSSR count). The van der Waals surface area contributed by atoms with Crippen LogP contribution in [0.4, 0.5) is 5.69 Å². The highest BCUT2D eigenvalue weighted by Crippen LogP contribution is 2.47. The fraction of sp³-hybridized carbons (Fsp3) is 0.412. The van der Waals surface area contributed by atoms with Gasteiger partial charge in [0.05, 0.1) is 17.6 Å². The van der Waals surface area contributed by atoms with Crippen LogP contribution in [0, 0.1) is 25.7 Å². The van der Waals surface area contributed by atoms with Gasteiger partial charge in [-0.15, -0.1) is 0 Å². The maximum Gasteiger partial charge on any atom is 0.310 e. The third kappa shape index (κ3) is 2.22. The Morgan fingerprint density at radius 3 is 2.68 bits per heavy atom. The van der Waals surface area contributed by atoms with Gasteiger partial charge < -0.3 is 15.2 Å². The van der Waals surface area contributed by atoms with Crippen molar-refractivity contribution in [2.75, 3.05) is 5.32 Å². The van der Waals surface area contributed by atoms with Crippen LogP contribution in [0.3, 0.4) is 0 Å². The molecule has 5 heteroatoms. The standard InChI is InChI=1S/C17H19NO4/c1-9-4-5-11(10(2)8-9)18-15(19)14-13(16(20)21)12-6-7-17(14,3)22-12/h4-8,12-14H,1-3H3,(H,18,19)(H,20,21)/t12-,13+,14-,17-/m1/s1. The number of carboxylic acids is 1. The smallest absolute Gasteiger partial charge is 0.310 e. The summed E-state index contributed by atoms with van der Waals surface area (Å²) in [4.78, 5) is 24.2. The summed E-state index contributed by atoms with van der Waals surface area (Å²) < 4.78 is 5.70. The number of carbonyl (C=O) groups is 2. The zero-order valence-electron chi connectivity index (χ0n) is 12.8. The van der Waals surface area contributed by atoms with Gasteiger partial charge in [-0.2, -0.15) is 0 Å². The second kappa shape index (κ2) is 4.95. The summed E-state index contributed by atoms with van der Waals surface area (Å²) in [5.41, 5.74) is 1.91. The van der Waals surface area contributed by atoms with Gasteiger partial charge in [0, 0.05) is 5.69 Å². The molecule has 2 aliphatic heterocycles. The molecule has 5 nitrogen and oxygen atoms in total. The molecule has 0 unspecified atom stereocenters. The fourth-order valence-electron chi connectivity index (χ4n) is 3.44. The van der Waals surface area contributed by atoms with Gasteiger partial charge in [-0.1, -0.05) is 29.8 Å². The first-order valence-electron chi connectivity index (χ1n) is 7.30. The fourth-order valence-corrected chi connectivity index (χ4v) is 3.44. The summed E-state index contributed by atoms with van der Waals surface area (Å²) >= 11 is 0. The molecule has 1 saturated heterocycles. The Kier molecular flexibility index (Phi) is 3.33. The van der Waals surface area contributed by atoms with Crippen LogP contribution in [-0.4, -0.2) is 28.7 Å². The van der Waals surface area contributed by atoms with E-state index in [9.17, 15) is 14.7 Å². The monoisotopic (exact) mass is 301 g/mol. The average Bonchev–Trinajstić information content (AvgIpc) is 2.94. The van der Waals surface area contributed by atoms with E-state index in [1.54, 1.807) is 19.1 Å². The number of hydrogen-bond acceptors (Lipinski definition) is 3. The van der Waals surface area contributed by atoms with E-state index in [2.05, 4.69) is 5.32 Å². The quantitative estimate of drug-likeness (QED) is 0.840. The van der Waals surface area contributed by atoms with Crippen LogP contribution in [0.5, 0.6) is 0 Å². The molecule has 2 bridgehead atoms. The summed E-state index contributed by atoms with van der Waals surface area (Å²) in [7, 11) is 0. The Hall–Kier alpha value is -2.14. The van der Waals surface area contributed by atoms with Crippen molar-refractivity contribution in [3.63, 3.8) is 0 Å². The number of ether oxygens (including phenoxy) is 1. The first-order valence-corrected chi connectivity index (χ1v) is 7.30. The summed E-state index contributed by atoms with van der Waals surface area (Å²) in [5, 5.41) is 12.3. The van der Waals surface area contributed by atoms with Gasteiger partial charge in [0.2, 0.25) is 5.91 Å². The molecule has 1 amide bonds. The van der Waals surface area contributed by atoms with E-state index in [4.69, 9.17) is 4.74 Å². The van der Waals surface area contributed by atoms with Crippen LogP contribution in [0.25, 0.3) is 0 Å². The van der Waals surface area contributed by atoms with E-state index in [-0.39, 0.29) is 5.91 Å². The third-order valence-corrected chi connectivity index (χ3v) is 4.54. The molecule has 2 heterocycles. The third-order valence-electron chi connectivity index (χ3n) is 4.54. The number of hydrogen-bond donors (Lipinski definition) is 2. The number of aryl methyl sites for hydroxylation is 2. The highest BCUT2D eigenvalue weighted by Gasteiger charge is 2.59. The van der Waals surface area contributed by atoms with E-state index >= 15 is 0 Å². The van der Waals surface area contributed by atoms with Crippen molar-refractivity contribution in [2.45, 2.75) is 32.5 Å². The van der Waals surface area contributed by atoms with Crippen LogP contribution < -0.4 is 5.32 Å². The molecule has 0 aliphatic carbocycles. The second-order valence-corrected chi connectivity index (χ2v) is 6.27. The molecule has 0 radical (unpaired) electrons. The van der Waals surface area contributed by atoms with Gasteiger partial charge in [-0.25, -0.2) is 0 Å². The number of amides is 1. The summed E-state index contributed by atoms with van der Waals surface area (Å²) in [6, 6.07) is 5.73.